The molecule has 0 aliphatic carbocycles. The Morgan fingerprint density at radius 2 is 1.97 bits per heavy atom. The van der Waals surface area contributed by atoms with E-state index in [4.69, 9.17) is 4.74 Å². The minimum atomic E-state index is -3.55. The first kappa shape index (κ1) is 21.9. The Balaban J connectivity index is 1.45. The summed E-state index contributed by atoms with van der Waals surface area (Å²) in [6, 6.07) is 10.8. The molecular formula is C21H26N4O4S2. The molecule has 31 heavy (non-hydrogen) atoms. The molecular weight excluding hydrogens is 436 g/mol. The summed E-state index contributed by atoms with van der Waals surface area (Å²) in [5.74, 6) is 0.674. The lowest BCUT2D eigenvalue weighted by molar-refractivity contribution is -0.121. The summed E-state index contributed by atoms with van der Waals surface area (Å²) in [5.41, 5.74) is 1.78. The minimum Gasteiger partial charge on any atom is -0.379 e. The predicted octanol–water partition coefficient (Wildman–Crippen LogP) is 2.70. The fourth-order valence-corrected chi connectivity index (χ4v) is 6.48. The molecule has 1 aromatic carbocycles. The lowest BCUT2D eigenvalue weighted by Gasteiger charge is -2.25. The highest BCUT2D eigenvalue weighted by Gasteiger charge is 2.28. The van der Waals surface area contributed by atoms with Crippen molar-refractivity contribution >= 4 is 38.3 Å². The zero-order valence-electron chi connectivity index (χ0n) is 17.5. The fraction of sp³-hybridized carbons (Fsp3) is 0.429. The summed E-state index contributed by atoms with van der Waals surface area (Å²) in [6.07, 6.45) is 0.118. The van der Waals surface area contributed by atoms with E-state index in [1.165, 1.54) is 4.31 Å². The standard InChI is InChI=1S/C21H26N4O4S2/c1-14(2)20(21-22-16-5-3-4-6-17(16)23-21)24-18(26)13-15-7-8-19(30-15)31(27,28)25-9-11-29-12-10-25/h3-8,14,20H,9-13H2,1-2H3,(H,22,23)(H,24,26)/t20-/m0/s1. The molecule has 1 atom stereocenters. The highest BCUT2D eigenvalue weighted by Crippen LogP contribution is 2.27. The van der Waals surface area contributed by atoms with Crippen LogP contribution < -0.4 is 5.32 Å². The number of nitrogens with zero attached hydrogens (tertiary/aromatic N) is 2. The first-order valence-electron chi connectivity index (χ1n) is 10.2. The molecule has 0 bridgehead atoms. The SMILES string of the molecule is CC(C)[C@H](NC(=O)Cc1ccc(S(=O)(=O)N2CCOCC2)s1)c1nc2ccccc2[nH]1. The molecule has 0 saturated carbocycles. The summed E-state index contributed by atoms with van der Waals surface area (Å²) < 4.78 is 32.5. The number of thiophene rings is 1. The first-order valence-corrected chi connectivity index (χ1v) is 12.5. The van der Waals surface area contributed by atoms with E-state index in [1.807, 2.05) is 38.1 Å². The van der Waals surface area contributed by atoms with Crippen LogP contribution in [0.5, 0.6) is 0 Å². The fourth-order valence-electron chi connectivity index (χ4n) is 3.56. The van der Waals surface area contributed by atoms with Gasteiger partial charge in [-0.1, -0.05) is 26.0 Å². The Hall–Kier alpha value is -2.27. The summed E-state index contributed by atoms with van der Waals surface area (Å²) in [6.45, 7) is 5.55. The van der Waals surface area contributed by atoms with Gasteiger partial charge in [0.1, 0.15) is 10.0 Å². The number of hydrogen-bond acceptors (Lipinski definition) is 6. The molecule has 1 saturated heterocycles. The highest BCUT2D eigenvalue weighted by molar-refractivity contribution is 7.91. The van der Waals surface area contributed by atoms with Gasteiger partial charge in [-0.2, -0.15) is 4.31 Å². The number of sulfonamides is 1. The highest BCUT2D eigenvalue weighted by atomic mass is 32.2. The number of nitrogens with one attached hydrogen (secondary N) is 2. The van der Waals surface area contributed by atoms with E-state index >= 15 is 0 Å². The molecule has 10 heteroatoms. The van der Waals surface area contributed by atoms with Crippen LogP contribution in [0.4, 0.5) is 0 Å². The summed E-state index contributed by atoms with van der Waals surface area (Å²) in [7, 11) is -3.55. The van der Waals surface area contributed by atoms with Crippen molar-refractivity contribution in [1.29, 1.82) is 0 Å². The maximum atomic E-state index is 12.8. The second kappa shape index (κ2) is 9.07. The lowest BCUT2D eigenvalue weighted by Crippen LogP contribution is -2.40. The topological polar surface area (TPSA) is 104 Å². The van der Waals surface area contributed by atoms with E-state index in [2.05, 4.69) is 15.3 Å². The maximum Gasteiger partial charge on any atom is 0.252 e. The third kappa shape index (κ3) is 4.82. The van der Waals surface area contributed by atoms with E-state index in [9.17, 15) is 13.2 Å². The predicted molar refractivity (Wildman–Crippen MR) is 119 cm³/mol. The van der Waals surface area contributed by atoms with Crippen molar-refractivity contribution in [3.63, 3.8) is 0 Å². The molecule has 2 aromatic heterocycles. The normalized spacial score (nSPS) is 16.6. The molecule has 2 N–H and O–H groups in total. The van der Waals surface area contributed by atoms with Gasteiger partial charge in [0.25, 0.3) is 10.0 Å². The quantitative estimate of drug-likeness (QED) is 0.562. The van der Waals surface area contributed by atoms with Crippen molar-refractivity contribution in [2.45, 2.75) is 30.5 Å². The van der Waals surface area contributed by atoms with Gasteiger partial charge in [-0.3, -0.25) is 4.79 Å². The number of benzene rings is 1. The van der Waals surface area contributed by atoms with Crippen LogP contribution in [0.15, 0.2) is 40.6 Å². The number of rotatable bonds is 7. The van der Waals surface area contributed by atoms with E-state index in [0.717, 1.165) is 22.4 Å². The van der Waals surface area contributed by atoms with Gasteiger partial charge in [0, 0.05) is 18.0 Å². The molecule has 0 spiro atoms. The Kier molecular flexibility index (Phi) is 6.42. The number of hydrogen-bond donors (Lipinski definition) is 2. The number of H-pyrrole nitrogens is 1. The van der Waals surface area contributed by atoms with Gasteiger partial charge in [-0.15, -0.1) is 11.3 Å². The number of morpholine rings is 1. The summed E-state index contributed by atoms with van der Waals surface area (Å²) >= 11 is 1.14. The third-order valence-corrected chi connectivity index (χ3v) is 8.67. The smallest absolute Gasteiger partial charge is 0.252 e. The van der Waals surface area contributed by atoms with Gasteiger partial charge < -0.3 is 15.0 Å². The number of aromatic nitrogens is 2. The van der Waals surface area contributed by atoms with Crippen molar-refractivity contribution in [2.75, 3.05) is 26.3 Å². The number of amides is 1. The molecule has 4 rings (SSSR count). The van der Waals surface area contributed by atoms with Gasteiger partial charge in [0.15, 0.2) is 0 Å². The monoisotopic (exact) mass is 462 g/mol. The number of fused-ring (bicyclic) bond motifs is 1. The number of ether oxygens (including phenoxy) is 1. The van der Waals surface area contributed by atoms with E-state index in [1.54, 1.807) is 12.1 Å². The lowest BCUT2D eigenvalue weighted by atomic mass is 10.0. The van der Waals surface area contributed by atoms with Crippen molar-refractivity contribution in [3.8, 4) is 0 Å². The number of para-hydroxylation sites is 2. The minimum absolute atomic E-state index is 0.118. The molecule has 3 aromatic rings. The molecule has 1 aliphatic rings. The van der Waals surface area contributed by atoms with Crippen LogP contribution in [-0.4, -0.2) is 54.9 Å². The third-order valence-electron chi connectivity index (χ3n) is 5.22. The van der Waals surface area contributed by atoms with Crippen LogP contribution in [0.1, 0.15) is 30.6 Å². The molecule has 3 heterocycles. The van der Waals surface area contributed by atoms with E-state index in [0.29, 0.717) is 37.0 Å². The number of carbonyl (C=O) groups excluding carboxylic acids is 1. The Labute approximate surface area is 185 Å². The molecule has 1 fully saturated rings. The van der Waals surface area contributed by atoms with Crippen molar-refractivity contribution in [2.24, 2.45) is 5.92 Å². The van der Waals surface area contributed by atoms with Gasteiger partial charge >= 0.3 is 0 Å². The van der Waals surface area contributed by atoms with E-state index in [-0.39, 0.29) is 28.5 Å². The van der Waals surface area contributed by atoms with Gasteiger partial charge in [-0.05, 0) is 30.2 Å². The summed E-state index contributed by atoms with van der Waals surface area (Å²) in [4.78, 5) is 21.4. The average molecular weight is 463 g/mol. The largest absolute Gasteiger partial charge is 0.379 e. The van der Waals surface area contributed by atoms with Gasteiger partial charge in [0.2, 0.25) is 5.91 Å². The molecule has 0 unspecified atom stereocenters. The van der Waals surface area contributed by atoms with Gasteiger partial charge in [-0.25, -0.2) is 13.4 Å². The molecule has 8 nitrogen and oxygen atoms in total. The number of aromatic amines is 1. The molecule has 1 aliphatic heterocycles. The molecule has 166 valence electrons. The van der Waals surface area contributed by atoms with E-state index < -0.39 is 10.0 Å². The van der Waals surface area contributed by atoms with Crippen LogP contribution in [0.3, 0.4) is 0 Å². The number of imidazole rings is 1. The Morgan fingerprint density at radius 3 is 2.68 bits per heavy atom. The second-order valence-electron chi connectivity index (χ2n) is 7.84. The average Bonchev–Trinajstić information content (AvgIpc) is 3.39. The van der Waals surface area contributed by atoms with Crippen LogP contribution in [0.2, 0.25) is 0 Å². The maximum absolute atomic E-state index is 12.8. The van der Waals surface area contributed by atoms with Gasteiger partial charge in [0.05, 0.1) is 36.7 Å². The Morgan fingerprint density at radius 1 is 1.23 bits per heavy atom. The van der Waals surface area contributed by atoms with Crippen molar-refractivity contribution in [1.82, 2.24) is 19.6 Å². The zero-order chi connectivity index (χ0) is 22.0. The van der Waals surface area contributed by atoms with Crippen LogP contribution in [0, 0.1) is 5.92 Å². The second-order valence-corrected chi connectivity index (χ2v) is 11.2. The van der Waals surface area contributed by atoms with Crippen molar-refractivity contribution < 1.29 is 17.9 Å². The zero-order valence-corrected chi connectivity index (χ0v) is 19.1. The first-order chi connectivity index (χ1) is 14.8. The van der Waals surface area contributed by atoms with Crippen LogP contribution in [-0.2, 0) is 26.0 Å². The van der Waals surface area contributed by atoms with Crippen LogP contribution >= 0.6 is 11.3 Å². The Bertz CT molecular complexity index is 1130. The molecule has 1 amide bonds. The summed E-state index contributed by atoms with van der Waals surface area (Å²) in [5, 5.41) is 3.05. The van der Waals surface area contributed by atoms with Crippen LogP contribution in [0.25, 0.3) is 11.0 Å². The molecule has 0 radical (unpaired) electrons. The number of carbonyl (C=O) groups is 1. The van der Waals surface area contributed by atoms with Crippen molar-refractivity contribution in [3.05, 3.63) is 47.1 Å².